The largest absolute Gasteiger partial charge is 0.313 e. The lowest BCUT2D eigenvalue weighted by Gasteiger charge is -2.26. The van der Waals surface area contributed by atoms with E-state index in [1.165, 1.54) is 69.4 Å². The first-order chi connectivity index (χ1) is 21.8. The Labute approximate surface area is 259 Å². The maximum absolute atomic E-state index is 2.50. The fraction of sp³-hybridized carbons (Fsp3) is 0.0952. The third kappa shape index (κ3) is 4.79. The van der Waals surface area contributed by atoms with Gasteiger partial charge in [0.05, 0.1) is 5.52 Å². The summed E-state index contributed by atoms with van der Waals surface area (Å²) in [4.78, 5) is 2.36. The molecular formula is C42H34N2. The topological polar surface area (TPSA) is 8.17 Å². The van der Waals surface area contributed by atoms with Crippen LogP contribution in [0.2, 0.25) is 0 Å². The van der Waals surface area contributed by atoms with Crippen molar-refractivity contribution in [2.45, 2.75) is 25.7 Å². The quantitative estimate of drug-likeness (QED) is 0.194. The average molecular weight is 567 g/mol. The number of nitrogens with zero attached hydrogens (tertiary/aromatic N) is 2. The van der Waals surface area contributed by atoms with E-state index in [0.717, 1.165) is 23.5 Å². The summed E-state index contributed by atoms with van der Waals surface area (Å²) < 4.78 is 2.50. The number of para-hydroxylation sites is 1. The molecule has 0 bridgehead atoms. The van der Waals surface area contributed by atoms with Crippen LogP contribution in [-0.2, 0) is 12.8 Å². The lowest BCUT2D eigenvalue weighted by molar-refractivity contribution is 0.667. The standard InChI is InChI=1S/C42H34N2/c1-3-11-31(12-4-1)33-19-23-35(24-20-33)43(36-25-21-34(22-26-36)32-13-5-2-6-14-32)37-27-29-38(30-28-37)44-41-17-9-7-15-39(41)40-16-8-10-18-42(40)44/h1-7,9,11-15,17,19-30H,8,10,16,18H2. The van der Waals surface area contributed by atoms with Gasteiger partial charge in [0.25, 0.3) is 0 Å². The molecule has 7 aromatic rings. The van der Waals surface area contributed by atoms with E-state index >= 15 is 0 Å². The molecule has 2 heteroatoms. The van der Waals surface area contributed by atoms with Gasteiger partial charge < -0.3 is 9.47 Å². The third-order valence-electron chi connectivity index (χ3n) is 9.01. The van der Waals surface area contributed by atoms with Gasteiger partial charge in [0.2, 0.25) is 0 Å². The average Bonchev–Trinajstić information content (AvgIpc) is 3.45. The van der Waals surface area contributed by atoms with E-state index < -0.39 is 0 Å². The van der Waals surface area contributed by atoms with Crippen molar-refractivity contribution in [2.24, 2.45) is 0 Å². The van der Waals surface area contributed by atoms with Gasteiger partial charge in [-0.15, -0.1) is 0 Å². The minimum Gasteiger partial charge on any atom is -0.313 e. The summed E-state index contributed by atoms with van der Waals surface area (Å²) in [5, 5.41) is 1.41. The summed E-state index contributed by atoms with van der Waals surface area (Å²) in [6.07, 6.45) is 4.85. The van der Waals surface area contributed by atoms with Crippen molar-refractivity contribution in [1.29, 1.82) is 0 Å². The molecule has 0 aliphatic heterocycles. The Morgan fingerprint density at radius 2 is 0.864 bits per heavy atom. The number of hydrogen-bond acceptors (Lipinski definition) is 1. The molecule has 6 aromatic carbocycles. The Kier molecular flexibility index (Phi) is 6.81. The lowest BCUT2D eigenvalue weighted by Crippen LogP contribution is -2.10. The van der Waals surface area contributed by atoms with Crippen LogP contribution in [0.15, 0.2) is 158 Å². The molecule has 2 nitrogen and oxygen atoms in total. The predicted octanol–water partition coefficient (Wildman–Crippen LogP) is 11.3. The summed E-state index contributed by atoms with van der Waals surface area (Å²) >= 11 is 0. The monoisotopic (exact) mass is 566 g/mol. The van der Waals surface area contributed by atoms with Crippen LogP contribution in [-0.4, -0.2) is 4.57 Å². The van der Waals surface area contributed by atoms with Gasteiger partial charge in [-0.05, 0) is 108 Å². The Hall–Kier alpha value is -5.34. The molecule has 1 aliphatic carbocycles. The van der Waals surface area contributed by atoms with E-state index in [1.54, 1.807) is 0 Å². The van der Waals surface area contributed by atoms with Crippen LogP contribution >= 0.6 is 0 Å². The molecule has 0 radical (unpaired) electrons. The van der Waals surface area contributed by atoms with E-state index in [-0.39, 0.29) is 0 Å². The normalized spacial score (nSPS) is 12.6. The molecule has 1 heterocycles. The molecule has 0 saturated heterocycles. The summed E-state index contributed by atoms with van der Waals surface area (Å²) in [7, 11) is 0. The van der Waals surface area contributed by atoms with Crippen LogP contribution in [0.5, 0.6) is 0 Å². The number of benzene rings is 6. The second kappa shape index (κ2) is 11.4. The SMILES string of the molecule is c1ccc(-c2ccc(N(c3ccc(-c4ccccc4)cc3)c3ccc(-n4c5c(c6ccccc64)CCCC5)cc3)cc2)cc1. The second-order valence-electron chi connectivity index (χ2n) is 11.7. The third-order valence-corrected chi connectivity index (χ3v) is 9.01. The first-order valence-electron chi connectivity index (χ1n) is 15.7. The van der Waals surface area contributed by atoms with E-state index in [0.29, 0.717) is 0 Å². The number of anilines is 3. The number of aromatic nitrogens is 1. The van der Waals surface area contributed by atoms with Crippen LogP contribution in [0.3, 0.4) is 0 Å². The Morgan fingerprint density at radius 1 is 0.409 bits per heavy atom. The van der Waals surface area contributed by atoms with E-state index in [1.807, 2.05) is 0 Å². The van der Waals surface area contributed by atoms with Gasteiger partial charge >= 0.3 is 0 Å². The number of hydrogen-bond donors (Lipinski definition) is 0. The summed E-state index contributed by atoms with van der Waals surface area (Å²) in [5.41, 5.74) is 13.9. The maximum atomic E-state index is 2.50. The van der Waals surface area contributed by atoms with Crippen LogP contribution in [0, 0.1) is 0 Å². The van der Waals surface area contributed by atoms with Gasteiger partial charge in [0.1, 0.15) is 0 Å². The molecule has 8 rings (SSSR count). The fourth-order valence-corrected chi connectivity index (χ4v) is 6.86. The predicted molar refractivity (Wildman–Crippen MR) is 185 cm³/mol. The highest BCUT2D eigenvalue weighted by Crippen LogP contribution is 2.39. The van der Waals surface area contributed by atoms with Crippen molar-refractivity contribution in [3.63, 3.8) is 0 Å². The van der Waals surface area contributed by atoms with Crippen LogP contribution in [0.1, 0.15) is 24.1 Å². The van der Waals surface area contributed by atoms with Gasteiger partial charge in [-0.1, -0.05) is 103 Å². The molecule has 0 saturated carbocycles. The van der Waals surface area contributed by atoms with Crippen LogP contribution in [0.4, 0.5) is 17.1 Å². The zero-order chi connectivity index (χ0) is 29.3. The van der Waals surface area contributed by atoms with E-state index in [9.17, 15) is 0 Å². The molecule has 0 fully saturated rings. The highest BCUT2D eigenvalue weighted by atomic mass is 15.1. The molecule has 0 spiro atoms. The van der Waals surface area contributed by atoms with Crippen molar-refractivity contribution < 1.29 is 0 Å². The van der Waals surface area contributed by atoms with Gasteiger partial charge in [0.15, 0.2) is 0 Å². The molecular weight excluding hydrogens is 532 g/mol. The van der Waals surface area contributed by atoms with E-state index in [4.69, 9.17) is 0 Å². The van der Waals surface area contributed by atoms with Gasteiger partial charge in [-0.3, -0.25) is 0 Å². The Balaban J connectivity index is 1.20. The Bertz CT molecular complexity index is 1940. The van der Waals surface area contributed by atoms with Crippen molar-refractivity contribution in [3.05, 3.63) is 169 Å². The minimum absolute atomic E-state index is 1.13. The smallest absolute Gasteiger partial charge is 0.0534 e. The zero-order valence-electron chi connectivity index (χ0n) is 24.7. The molecule has 0 amide bonds. The highest BCUT2D eigenvalue weighted by Gasteiger charge is 2.21. The maximum Gasteiger partial charge on any atom is 0.0534 e. The molecule has 0 N–H and O–H groups in total. The number of aryl methyl sites for hydroxylation is 1. The molecule has 0 unspecified atom stereocenters. The van der Waals surface area contributed by atoms with Crippen molar-refractivity contribution in [1.82, 2.24) is 4.57 Å². The van der Waals surface area contributed by atoms with Crippen LogP contribution < -0.4 is 4.90 Å². The number of rotatable bonds is 6. The van der Waals surface area contributed by atoms with Crippen LogP contribution in [0.25, 0.3) is 38.8 Å². The van der Waals surface area contributed by atoms with Crippen molar-refractivity contribution in [3.8, 4) is 27.9 Å². The fourth-order valence-electron chi connectivity index (χ4n) is 6.86. The van der Waals surface area contributed by atoms with E-state index in [2.05, 4.69) is 167 Å². The first kappa shape index (κ1) is 26.3. The summed E-state index contributed by atoms with van der Waals surface area (Å²) in [6, 6.07) is 57.0. The highest BCUT2D eigenvalue weighted by molar-refractivity contribution is 5.88. The van der Waals surface area contributed by atoms with Crippen molar-refractivity contribution in [2.75, 3.05) is 4.90 Å². The Morgan fingerprint density at radius 3 is 1.43 bits per heavy atom. The molecule has 44 heavy (non-hydrogen) atoms. The molecule has 1 aliphatic rings. The van der Waals surface area contributed by atoms with Gasteiger partial charge in [0, 0.05) is 33.8 Å². The first-order valence-corrected chi connectivity index (χ1v) is 15.7. The molecule has 1 aromatic heterocycles. The minimum atomic E-state index is 1.13. The summed E-state index contributed by atoms with van der Waals surface area (Å²) in [5.74, 6) is 0. The molecule has 0 atom stereocenters. The summed E-state index contributed by atoms with van der Waals surface area (Å²) in [6.45, 7) is 0. The van der Waals surface area contributed by atoms with Gasteiger partial charge in [-0.25, -0.2) is 0 Å². The zero-order valence-corrected chi connectivity index (χ0v) is 24.7. The number of fused-ring (bicyclic) bond motifs is 3. The lowest BCUT2D eigenvalue weighted by atomic mass is 9.95. The van der Waals surface area contributed by atoms with Crippen molar-refractivity contribution >= 4 is 28.0 Å². The second-order valence-corrected chi connectivity index (χ2v) is 11.7. The van der Waals surface area contributed by atoms with Gasteiger partial charge in [-0.2, -0.15) is 0 Å². The molecule has 212 valence electrons.